The van der Waals surface area contributed by atoms with E-state index in [-0.39, 0.29) is 5.84 Å². The summed E-state index contributed by atoms with van der Waals surface area (Å²) in [6, 6.07) is 6.73. The number of hydrogen-bond donors (Lipinski definition) is 1. The SMILES string of the molecule is COC1=C[CH-]C(/C(N)=N/OC(=O)c2ccc(Br)cc2)=C[C-]1[OH+]C. The van der Waals surface area contributed by atoms with Crippen LogP contribution in [-0.4, -0.2) is 30.8 Å². The summed E-state index contributed by atoms with van der Waals surface area (Å²) in [5.74, 6) is 0.105. The van der Waals surface area contributed by atoms with Gasteiger partial charge in [-0.05, 0) is 24.3 Å². The molecular formula is C16H16BrN2O4-. The van der Waals surface area contributed by atoms with E-state index in [0.717, 1.165) is 4.47 Å². The van der Waals surface area contributed by atoms with Crippen molar-refractivity contribution in [2.24, 2.45) is 10.9 Å². The van der Waals surface area contributed by atoms with Crippen LogP contribution in [0.4, 0.5) is 0 Å². The highest BCUT2D eigenvalue weighted by atomic mass is 79.9. The van der Waals surface area contributed by atoms with E-state index in [1.807, 2.05) is 0 Å². The standard InChI is InChI=1S/C16H16BrN2O4/c1-21-13-8-5-11(9-14(13)22-2)15(18)19-23-16(20)10-3-6-12(17)7-4-10/h3-9,22H,1-2H3,(H2,18,19)/q-1. The maximum atomic E-state index is 11.9. The van der Waals surface area contributed by atoms with Crippen LogP contribution in [0.5, 0.6) is 0 Å². The second-order valence-corrected chi connectivity index (χ2v) is 5.39. The Hall–Kier alpha value is -2.38. The second-order valence-electron chi connectivity index (χ2n) is 4.47. The van der Waals surface area contributed by atoms with Gasteiger partial charge in [-0.1, -0.05) is 15.9 Å². The first-order valence-electron chi connectivity index (χ1n) is 6.63. The number of carbonyl (C=O) groups excluding carboxylic acids is 1. The minimum atomic E-state index is -0.589. The lowest BCUT2D eigenvalue weighted by molar-refractivity contribution is 0.0336. The molecule has 0 amide bonds. The molecule has 0 heterocycles. The third kappa shape index (κ3) is 4.30. The van der Waals surface area contributed by atoms with Crippen LogP contribution in [0.25, 0.3) is 0 Å². The summed E-state index contributed by atoms with van der Waals surface area (Å²) in [7, 11) is 3.20. The summed E-state index contributed by atoms with van der Waals surface area (Å²) in [5.41, 5.74) is 6.80. The molecule has 0 aromatic heterocycles. The van der Waals surface area contributed by atoms with E-state index in [1.54, 1.807) is 57.1 Å². The van der Waals surface area contributed by atoms with Crippen LogP contribution in [0, 0.1) is 12.5 Å². The Morgan fingerprint density at radius 1 is 1.39 bits per heavy atom. The Bertz CT molecular complexity index is 665. The van der Waals surface area contributed by atoms with Gasteiger partial charge in [-0.15, -0.1) is 5.16 Å². The van der Waals surface area contributed by atoms with Crippen molar-refractivity contribution >= 4 is 27.7 Å². The summed E-state index contributed by atoms with van der Waals surface area (Å²) in [6.45, 7) is 0. The molecule has 6 nitrogen and oxygen atoms in total. The zero-order valence-corrected chi connectivity index (χ0v) is 14.2. The maximum Gasteiger partial charge on any atom is 0.364 e. The van der Waals surface area contributed by atoms with E-state index in [4.69, 9.17) is 15.3 Å². The van der Waals surface area contributed by atoms with Gasteiger partial charge < -0.3 is 20.0 Å². The third-order valence-electron chi connectivity index (χ3n) is 3.02. The molecule has 23 heavy (non-hydrogen) atoms. The zero-order valence-electron chi connectivity index (χ0n) is 12.6. The fraction of sp³-hybridized carbons (Fsp3) is 0.125. The molecule has 1 aliphatic rings. The van der Waals surface area contributed by atoms with Crippen molar-refractivity contribution < 1.29 is 19.1 Å². The van der Waals surface area contributed by atoms with Crippen LogP contribution < -0.4 is 5.73 Å². The van der Waals surface area contributed by atoms with E-state index >= 15 is 0 Å². The summed E-state index contributed by atoms with van der Waals surface area (Å²) < 4.78 is 10.1. The molecule has 122 valence electrons. The smallest absolute Gasteiger partial charge is 0.364 e. The summed E-state index contributed by atoms with van der Waals surface area (Å²) >= 11 is 3.29. The number of rotatable bonds is 5. The number of aliphatic hydroxyl groups is 2. The van der Waals surface area contributed by atoms with Crippen LogP contribution in [-0.2, 0) is 9.57 Å². The second kappa shape index (κ2) is 7.75. The molecule has 0 unspecified atom stereocenters. The average Bonchev–Trinajstić information content (AvgIpc) is 2.59. The summed E-state index contributed by atoms with van der Waals surface area (Å²) in [6.07, 6.45) is 5.75. The number of methoxy groups -OCH3 is 1. The quantitative estimate of drug-likeness (QED) is 0.212. The molecule has 0 spiro atoms. The number of allylic oxidation sites excluding steroid dienone is 1. The van der Waals surface area contributed by atoms with Crippen LogP contribution in [0.15, 0.2) is 57.4 Å². The van der Waals surface area contributed by atoms with Gasteiger partial charge in [-0.25, -0.2) is 22.9 Å². The monoisotopic (exact) mass is 379 g/mol. The highest BCUT2D eigenvalue weighted by Crippen LogP contribution is 2.24. The van der Waals surface area contributed by atoms with Gasteiger partial charge in [-0.2, -0.15) is 6.08 Å². The first kappa shape index (κ1) is 17.0. The molecule has 1 aromatic rings. The predicted octanol–water partition coefficient (Wildman–Crippen LogP) is 2.24. The molecule has 0 radical (unpaired) electrons. The van der Waals surface area contributed by atoms with Crippen LogP contribution in [0.2, 0.25) is 0 Å². The van der Waals surface area contributed by atoms with Gasteiger partial charge in [0.25, 0.3) is 0 Å². The van der Waals surface area contributed by atoms with Gasteiger partial charge in [-0.3, -0.25) is 0 Å². The number of halogens is 1. The van der Waals surface area contributed by atoms with Gasteiger partial charge in [0.15, 0.2) is 0 Å². The summed E-state index contributed by atoms with van der Waals surface area (Å²) in [5, 5.41) is 3.67. The average molecular weight is 380 g/mol. The molecule has 0 aliphatic heterocycles. The zero-order chi connectivity index (χ0) is 16.8. The van der Waals surface area contributed by atoms with Crippen molar-refractivity contribution in [2.45, 2.75) is 0 Å². The molecular weight excluding hydrogens is 364 g/mol. The lowest BCUT2D eigenvalue weighted by Crippen LogP contribution is -2.21. The van der Waals surface area contributed by atoms with Gasteiger partial charge in [0.2, 0.25) is 0 Å². The number of carbonyl (C=O) groups is 1. The van der Waals surface area contributed by atoms with Crippen molar-refractivity contribution in [3.63, 3.8) is 0 Å². The fourth-order valence-electron chi connectivity index (χ4n) is 1.81. The number of oxime groups is 1. The predicted molar refractivity (Wildman–Crippen MR) is 90.0 cm³/mol. The van der Waals surface area contributed by atoms with E-state index in [0.29, 0.717) is 23.0 Å². The molecule has 2 rings (SSSR count). The van der Waals surface area contributed by atoms with Crippen molar-refractivity contribution in [1.82, 2.24) is 0 Å². The fourth-order valence-corrected chi connectivity index (χ4v) is 2.07. The molecule has 7 heteroatoms. The van der Waals surface area contributed by atoms with Crippen LogP contribution in [0.3, 0.4) is 0 Å². The Labute approximate surface area is 142 Å². The molecule has 3 N–H and O–H groups in total. The highest BCUT2D eigenvalue weighted by molar-refractivity contribution is 9.10. The van der Waals surface area contributed by atoms with Crippen molar-refractivity contribution in [3.05, 3.63) is 70.3 Å². The number of ether oxygens (including phenoxy) is 2. The molecule has 0 bridgehead atoms. The van der Waals surface area contributed by atoms with E-state index in [2.05, 4.69) is 25.8 Å². The largest absolute Gasteiger partial charge is 0.557 e. The minimum absolute atomic E-state index is 0.0722. The number of amidine groups is 1. The van der Waals surface area contributed by atoms with E-state index in [1.165, 1.54) is 0 Å². The molecule has 0 atom stereocenters. The number of nitrogens with two attached hydrogens (primary N) is 1. The van der Waals surface area contributed by atoms with Gasteiger partial charge in [0.05, 0.1) is 18.8 Å². The molecule has 0 saturated carbocycles. The van der Waals surface area contributed by atoms with Crippen molar-refractivity contribution in [1.29, 1.82) is 0 Å². The first-order chi connectivity index (χ1) is 11.0. The minimum Gasteiger partial charge on any atom is -0.557 e. The normalized spacial score (nSPS) is 14.6. The lowest BCUT2D eigenvalue weighted by atomic mass is 10.0. The summed E-state index contributed by atoms with van der Waals surface area (Å²) in [4.78, 5) is 16.7. The van der Waals surface area contributed by atoms with Crippen molar-refractivity contribution in [2.75, 3.05) is 14.2 Å². The van der Waals surface area contributed by atoms with Crippen LogP contribution >= 0.6 is 15.9 Å². The third-order valence-corrected chi connectivity index (χ3v) is 3.55. The Balaban J connectivity index is 2.04. The maximum absolute atomic E-state index is 11.9. The molecule has 0 saturated heterocycles. The molecule has 1 aliphatic carbocycles. The highest BCUT2D eigenvalue weighted by Gasteiger charge is 2.09. The Kier molecular flexibility index (Phi) is 5.72. The van der Waals surface area contributed by atoms with E-state index in [9.17, 15) is 4.79 Å². The Morgan fingerprint density at radius 2 is 2.09 bits per heavy atom. The van der Waals surface area contributed by atoms with Crippen LogP contribution in [0.1, 0.15) is 10.4 Å². The number of nitrogens with zero attached hydrogens (tertiary/aromatic N) is 1. The first-order valence-corrected chi connectivity index (χ1v) is 7.43. The molecule has 1 aromatic carbocycles. The lowest BCUT2D eigenvalue weighted by Gasteiger charge is -2.32. The topological polar surface area (TPSA) is 86.7 Å². The molecule has 0 fully saturated rings. The van der Waals surface area contributed by atoms with Crippen molar-refractivity contribution in [3.8, 4) is 0 Å². The van der Waals surface area contributed by atoms with Gasteiger partial charge >= 0.3 is 5.97 Å². The van der Waals surface area contributed by atoms with Gasteiger partial charge in [0.1, 0.15) is 7.11 Å². The Morgan fingerprint density at radius 3 is 2.70 bits per heavy atom. The van der Waals surface area contributed by atoms with Gasteiger partial charge in [0, 0.05) is 16.1 Å². The number of hydrogen-bond acceptors (Lipinski definition) is 4. The number of benzene rings is 1. The van der Waals surface area contributed by atoms with E-state index < -0.39 is 5.97 Å².